The molecule has 110 valence electrons. The average molecular weight is 264 g/mol. The van der Waals surface area contributed by atoms with Crippen LogP contribution in [0.2, 0.25) is 0 Å². The molecule has 19 heavy (non-hydrogen) atoms. The Kier molecular flexibility index (Phi) is 4.81. The van der Waals surface area contributed by atoms with Crippen LogP contribution in [0.25, 0.3) is 0 Å². The second kappa shape index (κ2) is 6.58. The fourth-order valence-electron chi connectivity index (χ4n) is 4.28. The number of likely N-dealkylation sites (tertiary alicyclic amines) is 1. The van der Waals surface area contributed by atoms with Crippen molar-refractivity contribution in [3.05, 3.63) is 0 Å². The SMILES string of the molecule is CCC1CC(NCC2CCCC2)CN(C2CCC2)C1. The van der Waals surface area contributed by atoms with E-state index in [1.54, 1.807) is 0 Å². The molecule has 0 spiro atoms. The molecular formula is C17H32N2. The van der Waals surface area contributed by atoms with Gasteiger partial charge in [-0.1, -0.05) is 32.6 Å². The van der Waals surface area contributed by atoms with Crippen LogP contribution in [0.1, 0.15) is 64.7 Å². The highest BCUT2D eigenvalue weighted by molar-refractivity contribution is 4.90. The summed E-state index contributed by atoms with van der Waals surface area (Å²) in [6, 6.07) is 1.71. The summed E-state index contributed by atoms with van der Waals surface area (Å²) < 4.78 is 0. The van der Waals surface area contributed by atoms with Crippen LogP contribution in [0.15, 0.2) is 0 Å². The van der Waals surface area contributed by atoms with Crippen molar-refractivity contribution in [2.24, 2.45) is 11.8 Å². The van der Waals surface area contributed by atoms with E-state index in [0.29, 0.717) is 0 Å². The maximum atomic E-state index is 3.92. The van der Waals surface area contributed by atoms with Gasteiger partial charge in [-0.15, -0.1) is 0 Å². The van der Waals surface area contributed by atoms with Crippen LogP contribution >= 0.6 is 0 Å². The first kappa shape index (κ1) is 13.9. The van der Waals surface area contributed by atoms with Gasteiger partial charge in [0.2, 0.25) is 0 Å². The maximum Gasteiger partial charge on any atom is 0.0198 e. The van der Waals surface area contributed by atoms with Gasteiger partial charge in [0.15, 0.2) is 0 Å². The minimum absolute atomic E-state index is 0.778. The Morgan fingerprint density at radius 3 is 2.37 bits per heavy atom. The Morgan fingerprint density at radius 2 is 1.74 bits per heavy atom. The zero-order valence-corrected chi connectivity index (χ0v) is 12.7. The van der Waals surface area contributed by atoms with Gasteiger partial charge in [-0.3, -0.25) is 4.90 Å². The van der Waals surface area contributed by atoms with Crippen molar-refractivity contribution in [1.29, 1.82) is 0 Å². The lowest BCUT2D eigenvalue weighted by atomic mass is 9.85. The Hall–Kier alpha value is -0.0800. The zero-order chi connectivity index (χ0) is 13.1. The topological polar surface area (TPSA) is 15.3 Å². The Labute approximate surface area is 119 Å². The van der Waals surface area contributed by atoms with Crippen LogP contribution in [0, 0.1) is 11.8 Å². The van der Waals surface area contributed by atoms with Crippen molar-refractivity contribution in [3.63, 3.8) is 0 Å². The van der Waals surface area contributed by atoms with Crippen molar-refractivity contribution in [2.45, 2.75) is 76.8 Å². The molecule has 2 nitrogen and oxygen atoms in total. The maximum absolute atomic E-state index is 3.92. The number of piperidine rings is 1. The molecule has 2 atom stereocenters. The number of hydrogen-bond donors (Lipinski definition) is 1. The highest BCUT2D eigenvalue weighted by Crippen LogP contribution is 2.30. The third-order valence-electron chi connectivity index (χ3n) is 5.90. The van der Waals surface area contributed by atoms with Crippen molar-refractivity contribution >= 4 is 0 Å². The third-order valence-corrected chi connectivity index (χ3v) is 5.90. The number of nitrogens with zero attached hydrogens (tertiary/aromatic N) is 1. The molecule has 0 aromatic carbocycles. The van der Waals surface area contributed by atoms with E-state index in [4.69, 9.17) is 0 Å². The van der Waals surface area contributed by atoms with E-state index in [9.17, 15) is 0 Å². The molecule has 1 aliphatic heterocycles. The summed E-state index contributed by atoms with van der Waals surface area (Å²) in [6.07, 6.45) is 13.1. The molecule has 3 aliphatic rings. The summed E-state index contributed by atoms with van der Waals surface area (Å²) in [4.78, 5) is 2.81. The zero-order valence-electron chi connectivity index (χ0n) is 12.7. The number of hydrogen-bond acceptors (Lipinski definition) is 2. The average Bonchev–Trinajstić information content (AvgIpc) is 2.87. The summed E-state index contributed by atoms with van der Waals surface area (Å²) >= 11 is 0. The largest absolute Gasteiger partial charge is 0.312 e. The second-order valence-electron chi connectivity index (χ2n) is 7.30. The van der Waals surface area contributed by atoms with Gasteiger partial charge in [0.25, 0.3) is 0 Å². The molecule has 1 saturated heterocycles. The highest BCUT2D eigenvalue weighted by Gasteiger charge is 2.33. The summed E-state index contributed by atoms with van der Waals surface area (Å²) in [7, 11) is 0. The van der Waals surface area contributed by atoms with Crippen LogP contribution in [-0.2, 0) is 0 Å². The van der Waals surface area contributed by atoms with Crippen LogP contribution in [0.3, 0.4) is 0 Å². The Bertz CT molecular complexity index is 268. The normalized spacial score (nSPS) is 34.6. The van der Waals surface area contributed by atoms with Crippen LogP contribution in [0.5, 0.6) is 0 Å². The number of rotatable bonds is 5. The predicted molar refractivity (Wildman–Crippen MR) is 81.4 cm³/mol. The number of nitrogens with one attached hydrogen (secondary N) is 1. The quantitative estimate of drug-likeness (QED) is 0.818. The van der Waals surface area contributed by atoms with Crippen molar-refractivity contribution in [3.8, 4) is 0 Å². The molecule has 1 N–H and O–H groups in total. The molecule has 0 aromatic heterocycles. The van der Waals surface area contributed by atoms with Gasteiger partial charge in [0.05, 0.1) is 0 Å². The molecule has 2 saturated carbocycles. The summed E-state index contributed by atoms with van der Waals surface area (Å²) in [5, 5.41) is 3.92. The monoisotopic (exact) mass is 264 g/mol. The molecule has 2 aliphatic carbocycles. The lowest BCUT2D eigenvalue weighted by molar-refractivity contribution is 0.0567. The van der Waals surface area contributed by atoms with Gasteiger partial charge >= 0.3 is 0 Å². The minimum atomic E-state index is 0.778. The molecule has 3 fully saturated rings. The second-order valence-corrected chi connectivity index (χ2v) is 7.30. The van der Waals surface area contributed by atoms with Gasteiger partial charge < -0.3 is 5.32 Å². The molecule has 0 bridgehead atoms. The molecule has 3 rings (SSSR count). The lowest BCUT2D eigenvalue weighted by Crippen LogP contribution is -2.54. The molecule has 0 radical (unpaired) electrons. The molecule has 2 unspecified atom stereocenters. The van der Waals surface area contributed by atoms with Crippen molar-refractivity contribution in [1.82, 2.24) is 10.2 Å². The van der Waals surface area contributed by atoms with Gasteiger partial charge in [-0.25, -0.2) is 0 Å². The third kappa shape index (κ3) is 3.52. The van der Waals surface area contributed by atoms with Crippen LogP contribution in [0.4, 0.5) is 0 Å². The molecule has 0 amide bonds. The first-order chi connectivity index (χ1) is 9.35. The molecule has 0 aromatic rings. The van der Waals surface area contributed by atoms with E-state index in [1.165, 1.54) is 77.4 Å². The summed E-state index contributed by atoms with van der Waals surface area (Å²) in [6.45, 7) is 6.37. The van der Waals surface area contributed by atoms with E-state index in [-0.39, 0.29) is 0 Å². The molecule has 2 heteroatoms. The standard InChI is InChI=1S/C17H32N2/c1-2-14-10-16(18-11-15-6-3-4-7-15)13-19(12-14)17-8-5-9-17/h14-18H,2-13H2,1H3. The fourth-order valence-corrected chi connectivity index (χ4v) is 4.28. The molecule has 1 heterocycles. The van der Waals surface area contributed by atoms with E-state index >= 15 is 0 Å². The fraction of sp³-hybridized carbons (Fsp3) is 1.00. The highest BCUT2D eigenvalue weighted by atomic mass is 15.2. The predicted octanol–water partition coefficient (Wildman–Crippen LogP) is 3.42. The Morgan fingerprint density at radius 1 is 0.947 bits per heavy atom. The van der Waals surface area contributed by atoms with Crippen molar-refractivity contribution in [2.75, 3.05) is 19.6 Å². The van der Waals surface area contributed by atoms with Gasteiger partial charge in [0, 0.05) is 25.2 Å². The van der Waals surface area contributed by atoms with Gasteiger partial charge in [0.1, 0.15) is 0 Å². The molecular weight excluding hydrogens is 232 g/mol. The first-order valence-corrected chi connectivity index (χ1v) is 8.82. The van der Waals surface area contributed by atoms with Crippen LogP contribution < -0.4 is 5.32 Å². The summed E-state index contributed by atoms with van der Waals surface area (Å²) in [5.74, 6) is 1.93. The van der Waals surface area contributed by atoms with E-state index < -0.39 is 0 Å². The minimum Gasteiger partial charge on any atom is -0.312 e. The van der Waals surface area contributed by atoms with Crippen molar-refractivity contribution < 1.29 is 0 Å². The van der Waals surface area contributed by atoms with Gasteiger partial charge in [-0.2, -0.15) is 0 Å². The van der Waals surface area contributed by atoms with E-state index in [2.05, 4.69) is 17.1 Å². The lowest BCUT2D eigenvalue weighted by Gasteiger charge is -2.45. The first-order valence-electron chi connectivity index (χ1n) is 8.82. The summed E-state index contributed by atoms with van der Waals surface area (Å²) in [5.41, 5.74) is 0. The smallest absolute Gasteiger partial charge is 0.0198 e. The van der Waals surface area contributed by atoms with E-state index in [1.807, 2.05) is 0 Å². The Balaban J connectivity index is 1.47. The van der Waals surface area contributed by atoms with Crippen LogP contribution in [-0.4, -0.2) is 36.6 Å². The van der Waals surface area contributed by atoms with Gasteiger partial charge in [-0.05, 0) is 50.5 Å². The van der Waals surface area contributed by atoms with E-state index in [0.717, 1.165) is 23.9 Å².